The molecule has 0 heterocycles. The van der Waals surface area contributed by atoms with E-state index in [-0.39, 0.29) is 17.3 Å². The van der Waals surface area contributed by atoms with Crippen molar-refractivity contribution in [1.82, 2.24) is 0 Å². The second kappa shape index (κ2) is 7.74. The van der Waals surface area contributed by atoms with Gasteiger partial charge in [0.15, 0.2) is 0 Å². The Morgan fingerprint density at radius 3 is 2.46 bits per heavy atom. The SMILES string of the molecule is NCc1ccc(C(CO)Nc2ccc(Cl)c(C(F)(F)F)c2)cc1Br. The van der Waals surface area contributed by atoms with Gasteiger partial charge in [0.2, 0.25) is 0 Å². The minimum absolute atomic E-state index is 0.213. The van der Waals surface area contributed by atoms with Crippen molar-refractivity contribution < 1.29 is 18.3 Å². The van der Waals surface area contributed by atoms with Crippen LogP contribution in [0.15, 0.2) is 40.9 Å². The van der Waals surface area contributed by atoms with Crippen LogP contribution in [0.2, 0.25) is 5.02 Å². The van der Waals surface area contributed by atoms with Crippen LogP contribution in [0.25, 0.3) is 0 Å². The van der Waals surface area contributed by atoms with E-state index >= 15 is 0 Å². The minimum atomic E-state index is -4.55. The molecule has 1 atom stereocenters. The molecule has 8 heteroatoms. The number of nitrogens with one attached hydrogen (secondary N) is 1. The molecule has 0 fully saturated rings. The molecule has 3 nitrogen and oxygen atoms in total. The summed E-state index contributed by atoms with van der Waals surface area (Å²) in [4.78, 5) is 0. The van der Waals surface area contributed by atoms with Crippen LogP contribution in [0.5, 0.6) is 0 Å². The molecule has 130 valence electrons. The monoisotopic (exact) mass is 422 g/mol. The third-order valence-electron chi connectivity index (χ3n) is 3.49. The van der Waals surface area contributed by atoms with Gasteiger partial charge in [0.05, 0.1) is 23.2 Å². The highest BCUT2D eigenvalue weighted by atomic mass is 79.9. The molecule has 0 aromatic heterocycles. The Bertz CT molecular complexity index is 725. The maximum atomic E-state index is 12.9. The van der Waals surface area contributed by atoms with Crippen LogP contribution in [0.1, 0.15) is 22.7 Å². The summed E-state index contributed by atoms with van der Waals surface area (Å²) in [5.74, 6) is 0. The lowest BCUT2D eigenvalue weighted by atomic mass is 10.0. The molecule has 0 amide bonds. The number of hydrogen-bond donors (Lipinski definition) is 3. The van der Waals surface area contributed by atoms with Gasteiger partial charge in [0, 0.05) is 16.7 Å². The van der Waals surface area contributed by atoms with Gasteiger partial charge in [0.1, 0.15) is 0 Å². The van der Waals surface area contributed by atoms with Gasteiger partial charge in [-0.3, -0.25) is 0 Å². The highest BCUT2D eigenvalue weighted by molar-refractivity contribution is 9.10. The average molecular weight is 424 g/mol. The van der Waals surface area contributed by atoms with Gasteiger partial charge in [-0.25, -0.2) is 0 Å². The topological polar surface area (TPSA) is 58.3 Å². The summed E-state index contributed by atoms with van der Waals surface area (Å²) >= 11 is 8.99. The van der Waals surface area contributed by atoms with Gasteiger partial charge < -0.3 is 16.2 Å². The molecule has 0 aliphatic heterocycles. The van der Waals surface area contributed by atoms with Gasteiger partial charge in [-0.2, -0.15) is 13.2 Å². The molecule has 0 saturated carbocycles. The molecule has 4 N–H and O–H groups in total. The molecular weight excluding hydrogens is 409 g/mol. The van der Waals surface area contributed by atoms with Crippen molar-refractivity contribution in [2.24, 2.45) is 5.73 Å². The van der Waals surface area contributed by atoms with Gasteiger partial charge in [-0.05, 0) is 35.4 Å². The van der Waals surface area contributed by atoms with Gasteiger partial charge in [-0.15, -0.1) is 0 Å². The second-order valence-electron chi connectivity index (χ2n) is 5.13. The molecule has 0 aliphatic rings. The van der Waals surface area contributed by atoms with Crippen LogP contribution in [0, 0.1) is 0 Å². The fourth-order valence-corrected chi connectivity index (χ4v) is 3.00. The maximum Gasteiger partial charge on any atom is 0.417 e. The number of alkyl halides is 3. The lowest BCUT2D eigenvalue weighted by Gasteiger charge is -2.20. The molecule has 0 bridgehead atoms. The fourth-order valence-electron chi connectivity index (χ4n) is 2.21. The Morgan fingerprint density at radius 2 is 1.92 bits per heavy atom. The Hall–Kier alpha value is -1.28. The smallest absolute Gasteiger partial charge is 0.394 e. The quantitative estimate of drug-likeness (QED) is 0.652. The Balaban J connectivity index is 2.29. The van der Waals surface area contributed by atoms with Crippen molar-refractivity contribution in [2.75, 3.05) is 11.9 Å². The van der Waals surface area contributed by atoms with Crippen LogP contribution in [-0.2, 0) is 12.7 Å². The number of anilines is 1. The first-order valence-electron chi connectivity index (χ1n) is 6.98. The summed E-state index contributed by atoms with van der Waals surface area (Å²) in [5.41, 5.74) is 6.48. The predicted molar refractivity (Wildman–Crippen MR) is 91.9 cm³/mol. The van der Waals surface area contributed by atoms with E-state index in [9.17, 15) is 18.3 Å². The van der Waals surface area contributed by atoms with E-state index in [0.717, 1.165) is 16.1 Å². The Labute approximate surface area is 150 Å². The van der Waals surface area contributed by atoms with Crippen LogP contribution < -0.4 is 11.1 Å². The van der Waals surface area contributed by atoms with E-state index in [0.29, 0.717) is 12.1 Å². The molecule has 2 rings (SSSR count). The minimum Gasteiger partial charge on any atom is -0.394 e. The van der Waals surface area contributed by atoms with Crippen molar-refractivity contribution in [3.8, 4) is 0 Å². The zero-order valence-electron chi connectivity index (χ0n) is 12.4. The van der Waals surface area contributed by atoms with Crippen LogP contribution in [0.4, 0.5) is 18.9 Å². The van der Waals surface area contributed by atoms with Crippen LogP contribution >= 0.6 is 27.5 Å². The van der Waals surface area contributed by atoms with Gasteiger partial charge in [0.25, 0.3) is 0 Å². The van der Waals surface area contributed by atoms with Gasteiger partial charge >= 0.3 is 6.18 Å². The number of benzene rings is 2. The Kier molecular flexibility index (Phi) is 6.14. The zero-order chi connectivity index (χ0) is 17.9. The van der Waals surface area contributed by atoms with Crippen LogP contribution in [0.3, 0.4) is 0 Å². The van der Waals surface area contributed by atoms with E-state index in [1.165, 1.54) is 12.1 Å². The molecule has 0 aliphatic carbocycles. The standard InChI is InChI=1S/C16H15BrClF3N2O/c17-13-5-9(1-2-10(13)7-22)15(8-24)23-11-3-4-14(18)12(6-11)16(19,20)21/h1-6,15,23-24H,7-8,22H2. The second-order valence-corrected chi connectivity index (χ2v) is 6.39. The van der Waals surface area contributed by atoms with Crippen molar-refractivity contribution in [3.05, 3.63) is 62.6 Å². The van der Waals surface area contributed by atoms with Crippen molar-refractivity contribution in [3.63, 3.8) is 0 Å². The molecule has 2 aromatic carbocycles. The fraction of sp³-hybridized carbons (Fsp3) is 0.250. The third-order valence-corrected chi connectivity index (χ3v) is 4.56. The number of nitrogens with two attached hydrogens (primary N) is 1. The lowest BCUT2D eigenvalue weighted by molar-refractivity contribution is -0.137. The van der Waals surface area contributed by atoms with Crippen molar-refractivity contribution >= 4 is 33.2 Å². The number of hydrogen-bond acceptors (Lipinski definition) is 3. The largest absolute Gasteiger partial charge is 0.417 e. The number of halogens is 5. The molecule has 24 heavy (non-hydrogen) atoms. The highest BCUT2D eigenvalue weighted by Crippen LogP contribution is 2.37. The molecular formula is C16H15BrClF3N2O. The Morgan fingerprint density at radius 1 is 1.21 bits per heavy atom. The predicted octanol–water partition coefficient (Wildman–Crippen LogP) is 4.73. The number of aliphatic hydroxyl groups excluding tert-OH is 1. The molecule has 0 spiro atoms. The lowest BCUT2D eigenvalue weighted by Crippen LogP contribution is -2.16. The van der Waals surface area contributed by atoms with E-state index in [2.05, 4.69) is 21.2 Å². The normalized spacial score (nSPS) is 13.0. The van der Waals surface area contributed by atoms with E-state index < -0.39 is 17.8 Å². The summed E-state index contributed by atoms with van der Waals surface area (Å²) in [7, 11) is 0. The first kappa shape index (κ1) is 19.1. The number of aliphatic hydroxyl groups is 1. The zero-order valence-corrected chi connectivity index (χ0v) is 14.7. The van der Waals surface area contributed by atoms with Gasteiger partial charge in [-0.1, -0.05) is 39.7 Å². The first-order chi connectivity index (χ1) is 11.3. The maximum absolute atomic E-state index is 12.9. The molecule has 0 radical (unpaired) electrons. The molecule has 1 unspecified atom stereocenters. The van der Waals surface area contributed by atoms with Crippen molar-refractivity contribution in [1.29, 1.82) is 0 Å². The summed E-state index contributed by atoms with van der Waals surface area (Å²) < 4.78 is 39.6. The van der Waals surface area contributed by atoms with E-state index in [1.54, 1.807) is 18.2 Å². The van der Waals surface area contributed by atoms with Crippen LogP contribution in [-0.4, -0.2) is 11.7 Å². The molecule has 0 saturated heterocycles. The van der Waals surface area contributed by atoms with E-state index in [1.807, 2.05) is 0 Å². The van der Waals surface area contributed by atoms with Crippen molar-refractivity contribution in [2.45, 2.75) is 18.8 Å². The molecule has 2 aromatic rings. The summed E-state index contributed by atoms with van der Waals surface area (Å²) in [6.07, 6.45) is -4.55. The third kappa shape index (κ3) is 4.42. The van der Waals surface area contributed by atoms with E-state index in [4.69, 9.17) is 17.3 Å². The highest BCUT2D eigenvalue weighted by Gasteiger charge is 2.33. The summed E-state index contributed by atoms with van der Waals surface area (Å²) in [6, 6.07) is 8.30. The average Bonchev–Trinajstić information content (AvgIpc) is 2.53. The summed E-state index contributed by atoms with van der Waals surface area (Å²) in [6.45, 7) is 0.0581. The first-order valence-corrected chi connectivity index (χ1v) is 8.16. The number of rotatable bonds is 5. The summed E-state index contributed by atoms with van der Waals surface area (Å²) in [5, 5.41) is 12.1.